The van der Waals surface area contributed by atoms with Gasteiger partial charge in [0.05, 0.1) is 6.26 Å². The first-order valence-corrected chi connectivity index (χ1v) is 12.9. The lowest BCUT2D eigenvalue weighted by Gasteiger charge is -2.35. The van der Waals surface area contributed by atoms with Crippen LogP contribution in [0, 0.1) is 11.8 Å². The fourth-order valence-electron chi connectivity index (χ4n) is 3.71. The third-order valence-corrected chi connectivity index (χ3v) is 6.01. The summed E-state index contributed by atoms with van der Waals surface area (Å²) in [4.78, 5) is 16.3. The summed E-state index contributed by atoms with van der Waals surface area (Å²) in [6.45, 7) is 3.86. The number of hydrogen-bond donors (Lipinski definition) is 2. The van der Waals surface area contributed by atoms with E-state index in [1.165, 1.54) is 6.07 Å². The van der Waals surface area contributed by atoms with Gasteiger partial charge >= 0.3 is 0 Å². The second-order valence-corrected chi connectivity index (χ2v) is 9.95. The van der Waals surface area contributed by atoms with E-state index in [1.807, 2.05) is 29.0 Å². The van der Waals surface area contributed by atoms with E-state index < -0.39 is 15.9 Å². The summed E-state index contributed by atoms with van der Waals surface area (Å²) in [6.07, 6.45) is 0.909. The zero-order valence-electron chi connectivity index (χ0n) is 19.2. The highest BCUT2D eigenvalue weighted by atomic mass is 32.2. The van der Waals surface area contributed by atoms with Gasteiger partial charge in [-0.25, -0.2) is 13.1 Å². The number of piperazine rings is 1. The standard InChI is InChI=1S/C25H25N5O4S/c1-35(33,34)28-25(32)23-11-12-24(27-26-23)30-15-13-29(14-16-30)18-21-7-3-2-6-20(21)10-9-19-5-4-8-22(31)17-19/h2-8,11-12,17,31H,13-16,18H2,1H3,(H,28,32). The number of aromatic nitrogens is 2. The summed E-state index contributed by atoms with van der Waals surface area (Å²) < 4.78 is 24.3. The van der Waals surface area contributed by atoms with Crippen molar-refractivity contribution in [2.75, 3.05) is 37.3 Å². The van der Waals surface area contributed by atoms with Crippen LogP contribution in [0.2, 0.25) is 0 Å². The number of amides is 1. The van der Waals surface area contributed by atoms with Crippen molar-refractivity contribution in [3.8, 4) is 17.6 Å². The number of sulfonamides is 1. The number of anilines is 1. The van der Waals surface area contributed by atoms with E-state index in [1.54, 1.807) is 24.3 Å². The molecular formula is C25H25N5O4S. The van der Waals surface area contributed by atoms with E-state index in [0.29, 0.717) is 5.82 Å². The van der Waals surface area contributed by atoms with Gasteiger partial charge in [0, 0.05) is 43.9 Å². The van der Waals surface area contributed by atoms with E-state index in [9.17, 15) is 18.3 Å². The van der Waals surface area contributed by atoms with Crippen molar-refractivity contribution in [3.05, 3.63) is 83.0 Å². The van der Waals surface area contributed by atoms with Crippen LogP contribution in [0.5, 0.6) is 5.75 Å². The highest BCUT2D eigenvalue weighted by molar-refractivity contribution is 7.89. The first kappa shape index (κ1) is 24.2. The van der Waals surface area contributed by atoms with E-state index >= 15 is 0 Å². The van der Waals surface area contributed by atoms with Crippen LogP contribution in [0.3, 0.4) is 0 Å². The lowest BCUT2D eigenvalue weighted by Crippen LogP contribution is -2.46. The highest BCUT2D eigenvalue weighted by Crippen LogP contribution is 2.17. The van der Waals surface area contributed by atoms with Gasteiger partial charge in [0.1, 0.15) is 5.75 Å². The largest absolute Gasteiger partial charge is 0.508 e. The Morgan fingerprint density at radius 1 is 1.00 bits per heavy atom. The molecule has 2 heterocycles. The number of nitrogens with zero attached hydrogens (tertiary/aromatic N) is 4. The van der Waals surface area contributed by atoms with Crippen LogP contribution in [0.1, 0.15) is 27.2 Å². The molecule has 0 atom stereocenters. The molecule has 0 saturated carbocycles. The molecule has 3 aromatic rings. The second kappa shape index (κ2) is 10.5. The van der Waals surface area contributed by atoms with Gasteiger partial charge in [0.25, 0.3) is 5.91 Å². The zero-order chi connectivity index (χ0) is 24.8. The molecule has 2 aromatic carbocycles. The van der Waals surface area contributed by atoms with E-state index in [0.717, 1.165) is 55.7 Å². The van der Waals surface area contributed by atoms with Gasteiger partial charge in [0.2, 0.25) is 10.0 Å². The molecule has 1 saturated heterocycles. The third-order valence-electron chi connectivity index (χ3n) is 5.46. The molecule has 180 valence electrons. The Morgan fingerprint density at radius 2 is 1.77 bits per heavy atom. The number of benzene rings is 2. The fraction of sp³-hybridized carbons (Fsp3) is 0.240. The maximum Gasteiger partial charge on any atom is 0.285 e. The van der Waals surface area contributed by atoms with Crippen molar-refractivity contribution < 1.29 is 18.3 Å². The van der Waals surface area contributed by atoms with Crippen LogP contribution >= 0.6 is 0 Å². The minimum atomic E-state index is -3.66. The molecular weight excluding hydrogens is 466 g/mol. The molecule has 35 heavy (non-hydrogen) atoms. The molecule has 1 aliphatic heterocycles. The number of nitrogens with one attached hydrogen (secondary N) is 1. The van der Waals surface area contributed by atoms with Gasteiger partial charge in [-0.3, -0.25) is 9.69 Å². The highest BCUT2D eigenvalue weighted by Gasteiger charge is 2.20. The Hall–Kier alpha value is -3.94. The SMILES string of the molecule is CS(=O)(=O)NC(=O)c1ccc(N2CCN(Cc3ccccc3C#Cc3cccc(O)c3)CC2)nn1. The molecule has 0 aliphatic carbocycles. The van der Waals surface area contributed by atoms with Crippen LogP contribution in [-0.2, 0) is 16.6 Å². The maximum absolute atomic E-state index is 11.9. The van der Waals surface area contributed by atoms with Crippen LogP contribution in [0.4, 0.5) is 5.82 Å². The number of rotatable bonds is 5. The summed E-state index contributed by atoms with van der Waals surface area (Å²) in [5.74, 6) is 6.37. The molecule has 4 rings (SSSR count). The first-order chi connectivity index (χ1) is 16.8. The minimum Gasteiger partial charge on any atom is -0.508 e. The number of aromatic hydroxyl groups is 1. The molecule has 0 spiro atoms. The number of carbonyl (C=O) groups excluding carboxylic acids is 1. The second-order valence-electron chi connectivity index (χ2n) is 8.20. The van der Waals surface area contributed by atoms with Crippen LogP contribution < -0.4 is 9.62 Å². The molecule has 9 nitrogen and oxygen atoms in total. The van der Waals surface area contributed by atoms with Crippen molar-refractivity contribution in [1.29, 1.82) is 0 Å². The molecule has 0 unspecified atom stereocenters. The number of hydrogen-bond acceptors (Lipinski definition) is 8. The number of carbonyl (C=O) groups is 1. The van der Waals surface area contributed by atoms with Gasteiger partial charge in [0.15, 0.2) is 11.5 Å². The van der Waals surface area contributed by atoms with Gasteiger partial charge in [-0.05, 0) is 42.0 Å². The summed E-state index contributed by atoms with van der Waals surface area (Å²) in [5.41, 5.74) is 2.79. The predicted octanol–water partition coefficient (Wildman–Crippen LogP) is 1.59. The van der Waals surface area contributed by atoms with Gasteiger partial charge in [-0.2, -0.15) is 0 Å². The monoisotopic (exact) mass is 491 g/mol. The lowest BCUT2D eigenvalue weighted by atomic mass is 10.1. The smallest absolute Gasteiger partial charge is 0.285 e. The first-order valence-electron chi connectivity index (χ1n) is 11.0. The summed E-state index contributed by atoms with van der Waals surface area (Å²) in [6, 6.07) is 18.1. The van der Waals surface area contributed by atoms with E-state index in [-0.39, 0.29) is 11.4 Å². The summed E-state index contributed by atoms with van der Waals surface area (Å²) >= 11 is 0. The van der Waals surface area contributed by atoms with Crippen molar-refractivity contribution >= 4 is 21.7 Å². The Labute approximate surface area is 204 Å². The fourth-order valence-corrected chi connectivity index (χ4v) is 4.16. The molecule has 1 aliphatic rings. The Bertz CT molecular complexity index is 1370. The van der Waals surface area contributed by atoms with Crippen molar-refractivity contribution in [3.63, 3.8) is 0 Å². The Kier molecular flexibility index (Phi) is 7.29. The van der Waals surface area contributed by atoms with Crippen molar-refractivity contribution in [1.82, 2.24) is 19.8 Å². The number of phenols is 1. The Balaban J connectivity index is 1.36. The predicted molar refractivity (Wildman–Crippen MR) is 132 cm³/mol. The molecule has 1 aromatic heterocycles. The maximum atomic E-state index is 11.9. The van der Waals surface area contributed by atoms with Gasteiger partial charge in [-0.1, -0.05) is 36.1 Å². The number of phenolic OH excluding ortho intramolecular Hbond substituents is 1. The topological polar surface area (TPSA) is 116 Å². The average Bonchev–Trinajstić information content (AvgIpc) is 2.83. The van der Waals surface area contributed by atoms with Crippen molar-refractivity contribution in [2.24, 2.45) is 0 Å². The molecule has 0 bridgehead atoms. The average molecular weight is 492 g/mol. The zero-order valence-corrected chi connectivity index (χ0v) is 20.0. The summed E-state index contributed by atoms with van der Waals surface area (Å²) in [5, 5.41) is 17.6. The van der Waals surface area contributed by atoms with Crippen molar-refractivity contribution in [2.45, 2.75) is 6.54 Å². The quantitative estimate of drug-likeness (QED) is 0.517. The lowest BCUT2D eigenvalue weighted by molar-refractivity contribution is 0.0976. The molecule has 1 fully saturated rings. The van der Waals surface area contributed by atoms with Crippen LogP contribution in [0.25, 0.3) is 0 Å². The van der Waals surface area contributed by atoms with E-state index in [4.69, 9.17) is 0 Å². The minimum absolute atomic E-state index is 0.0544. The van der Waals surface area contributed by atoms with Gasteiger partial charge < -0.3 is 10.0 Å². The van der Waals surface area contributed by atoms with Crippen LogP contribution in [0.15, 0.2) is 60.7 Å². The molecule has 10 heteroatoms. The van der Waals surface area contributed by atoms with E-state index in [2.05, 4.69) is 37.9 Å². The molecule has 1 amide bonds. The third kappa shape index (κ3) is 6.79. The van der Waals surface area contributed by atoms with Crippen LogP contribution in [-0.4, -0.2) is 67.0 Å². The normalized spacial score (nSPS) is 14.1. The molecule has 2 N–H and O–H groups in total. The molecule has 0 radical (unpaired) electrons. The summed E-state index contributed by atoms with van der Waals surface area (Å²) in [7, 11) is -3.66. The van der Waals surface area contributed by atoms with Gasteiger partial charge in [-0.15, -0.1) is 10.2 Å². The Morgan fingerprint density at radius 3 is 2.46 bits per heavy atom.